The number of para-hydroxylation sites is 1. The van der Waals surface area contributed by atoms with E-state index in [1.807, 2.05) is 0 Å². The molecule has 2 heteroatoms. The van der Waals surface area contributed by atoms with Crippen LogP contribution in [-0.4, -0.2) is 4.57 Å². The van der Waals surface area contributed by atoms with Gasteiger partial charge in [-0.3, -0.25) is 0 Å². The zero-order chi connectivity index (χ0) is 19.1. The summed E-state index contributed by atoms with van der Waals surface area (Å²) in [6.45, 7) is 3.18. The number of benzene rings is 4. The molecule has 1 aromatic heterocycles. The number of rotatable bonds is 3. The van der Waals surface area contributed by atoms with Crippen molar-refractivity contribution in [3.8, 4) is 22.3 Å². The average molecular weight is 426 g/mol. The Balaban J connectivity index is 1.69. The Kier molecular flexibility index (Phi) is 4.29. The second-order valence-corrected chi connectivity index (χ2v) is 7.91. The molecule has 1 nitrogen and oxygen atoms in total. The van der Waals surface area contributed by atoms with Crippen molar-refractivity contribution in [2.75, 3.05) is 0 Å². The van der Waals surface area contributed by atoms with E-state index in [1.54, 1.807) is 0 Å². The fourth-order valence-electron chi connectivity index (χ4n) is 4.13. The van der Waals surface area contributed by atoms with Crippen LogP contribution in [0, 0.1) is 0 Å². The number of hydrogen-bond acceptors (Lipinski definition) is 0. The zero-order valence-electron chi connectivity index (χ0n) is 15.7. The summed E-state index contributed by atoms with van der Waals surface area (Å²) in [5.41, 5.74) is 7.53. The van der Waals surface area contributed by atoms with Gasteiger partial charge in [0.25, 0.3) is 0 Å². The van der Waals surface area contributed by atoms with E-state index in [-0.39, 0.29) is 0 Å². The van der Waals surface area contributed by atoms with Gasteiger partial charge in [-0.2, -0.15) is 0 Å². The van der Waals surface area contributed by atoms with E-state index < -0.39 is 0 Å². The molecular formula is C26H20BrN. The van der Waals surface area contributed by atoms with E-state index in [0.717, 1.165) is 11.0 Å². The molecule has 0 unspecified atom stereocenters. The molecule has 5 aromatic rings. The number of halogens is 1. The molecule has 0 atom stereocenters. The third-order valence-electron chi connectivity index (χ3n) is 5.47. The van der Waals surface area contributed by atoms with Crippen LogP contribution in [0.1, 0.15) is 6.92 Å². The monoisotopic (exact) mass is 425 g/mol. The lowest BCUT2D eigenvalue weighted by Gasteiger charge is -2.09. The molecule has 1 heterocycles. The van der Waals surface area contributed by atoms with Crippen LogP contribution < -0.4 is 0 Å². The number of fused-ring (bicyclic) bond motifs is 3. The normalized spacial score (nSPS) is 11.4. The van der Waals surface area contributed by atoms with Gasteiger partial charge >= 0.3 is 0 Å². The summed E-state index contributed by atoms with van der Waals surface area (Å²) in [6.07, 6.45) is 0. The van der Waals surface area contributed by atoms with Crippen LogP contribution >= 0.6 is 15.9 Å². The van der Waals surface area contributed by atoms with Gasteiger partial charge < -0.3 is 4.57 Å². The topological polar surface area (TPSA) is 4.93 Å². The van der Waals surface area contributed by atoms with Crippen LogP contribution in [0.4, 0.5) is 0 Å². The van der Waals surface area contributed by atoms with Crippen molar-refractivity contribution in [1.82, 2.24) is 4.57 Å². The highest BCUT2D eigenvalue weighted by atomic mass is 79.9. The van der Waals surface area contributed by atoms with Crippen LogP contribution in [0.3, 0.4) is 0 Å². The molecule has 28 heavy (non-hydrogen) atoms. The molecule has 0 N–H and O–H groups in total. The summed E-state index contributed by atoms with van der Waals surface area (Å²) in [6, 6.07) is 32.7. The highest BCUT2D eigenvalue weighted by Gasteiger charge is 2.11. The van der Waals surface area contributed by atoms with E-state index in [4.69, 9.17) is 0 Å². The van der Waals surface area contributed by atoms with Crippen molar-refractivity contribution in [3.05, 3.63) is 95.5 Å². The van der Waals surface area contributed by atoms with E-state index >= 15 is 0 Å². The third-order valence-corrected chi connectivity index (χ3v) is 6.16. The van der Waals surface area contributed by atoms with Crippen molar-refractivity contribution in [2.45, 2.75) is 13.5 Å². The fraction of sp³-hybridized carbons (Fsp3) is 0.0769. The second-order valence-electron chi connectivity index (χ2n) is 7.05. The van der Waals surface area contributed by atoms with Gasteiger partial charge in [0.1, 0.15) is 0 Å². The molecule has 0 saturated heterocycles. The van der Waals surface area contributed by atoms with Crippen molar-refractivity contribution < 1.29 is 0 Å². The summed E-state index contributed by atoms with van der Waals surface area (Å²) in [7, 11) is 0. The number of nitrogens with zero attached hydrogens (tertiary/aromatic N) is 1. The molecule has 0 amide bonds. The molecule has 0 fully saturated rings. The van der Waals surface area contributed by atoms with Crippen molar-refractivity contribution in [3.63, 3.8) is 0 Å². The molecule has 0 spiro atoms. The Morgan fingerprint density at radius 2 is 1.36 bits per heavy atom. The molecule has 4 aromatic carbocycles. The minimum absolute atomic E-state index is 0.963. The Hall–Kier alpha value is -2.84. The number of hydrogen-bond donors (Lipinski definition) is 0. The molecule has 0 bridgehead atoms. The summed E-state index contributed by atoms with van der Waals surface area (Å²) in [5, 5.41) is 2.65. The third kappa shape index (κ3) is 2.76. The predicted octanol–water partition coefficient (Wildman–Crippen LogP) is 7.91. The van der Waals surface area contributed by atoms with Gasteiger partial charge in [-0.1, -0.05) is 82.7 Å². The molecule has 0 aliphatic rings. The Bertz CT molecular complexity index is 1310. The molecule has 0 aliphatic heterocycles. The Morgan fingerprint density at radius 1 is 0.643 bits per heavy atom. The molecule has 0 radical (unpaired) electrons. The van der Waals surface area contributed by atoms with Gasteiger partial charge in [-0.05, 0) is 53.4 Å². The SMILES string of the molecule is CCn1c2ccccc2c2ccc(-c3cccc(-c4ccccc4Br)c3)cc21. The first-order valence-corrected chi connectivity index (χ1v) is 10.4. The minimum atomic E-state index is 0.963. The zero-order valence-corrected chi connectivity index (χ0v) is 17.3. The summed E-state index contributed by atoms with van der Waals surface area (Å²) >= 11 is 3.68. The van der Waals surface area contributed by atoms with Crippen LogP contribution in [0.5, 0.6) is 0 Å². The first kappa shape index (κ1) is 17.3. The first-order chi connectivity index (χ1) is 13.8. The lowest BCUT2D eigenvalue weighted by atomic mass is 9.98. The maximum atomic E-state index is 3.68. The van der Waals surface area contributed by atoms with Gasteiger partial charge in [-0.15, -0.1) is 0 Å². The molecular weight excluding hydrogens is 406 g/mol. The van der Waals surface area contributed by atoms with Crippen molar-refractivity contribution in [1.29, 1.82) is 0 Å². The maximum absolute atomic E-state index is 3.68. The highest BCUT2D eigenvalue weighted by Crippen LogP contribution is 2.34. The van der Waals surface area contributed by atoms with Gasteiger partial charge in [0.2, 0.25) is 0 Å². The number of aryl methyl sites for hydroxylation is 1. The smallest absolute Gasteiger partial charge is 0.0497 e. The lowest BCUT2D eigenvalue weighted by molar-refractivity contribution is 0.827. The fourth-order valence-corrected chi connectivity index (χ4v) is 4.64. The van der Waals surface area contributed by atoms with Crippen LogP contribution in [0.15, 0.2) is 95.5 Å². The second kappa shape index (κ2) is 6.96. The molecule has 136 valence electrons. The van der Waals surface area contributed by atoms with Crippen molar-refractivity contribution in [2.24, 2.45) is 0 Å². The average Bonchev–Trinajstić information content (AvgIpc) is 3.07. The van der Waals surface area contributed by atoms with Crippen molar-refractivity contribution >= 4 is 37.7 Å². The maximum Gasteiger partial charge on any atom is 0.0497 e. The lowest BCUT2D eigenvalue weighted by Crippen LogP contribution is -1.93. The van der Waals surface area contributed by atoms with E-state index in [9.17, 15) is 0 Å². The highest BCUT2D eigenvalue weighted by molar-refractivity contribution is 9.10. The van der Waals surface area contributed by atoms with Gasteiger partial charge in [0.15, 0.2) is 0 Å². The minimum Gasteiger partial charge on any atom is -0.341 e. The van der Waals surface area contributed by atoms with Gasteiger partial charge in [0.05, 0.1) is 0 Å². The Labute approximate surface area is 173 Å². The first-order valence-electron chi connectivity index (χ1n) is 9.62. The van der Waals surface area contributed by atoms with E-state index in [1.165, 1.54) is 44.1 Å². The standard InChI is InChI=1S/C26H20BrN/c1-2-28-25-13-6-4-11-22(25)23-15-14-19(17-26(23)28)18-8-7-9-20(16-18)21-10-3-5-12-24(21)27/h3-17H,2H2,1H3. The summed E-state index contributed by atoms with van der Waals surface area (Å²) in [5.74, 6) is 0. The summed E-state index contributed by atoms with van der Waals surface area (Å²) < 4.78 is 3.53. The van der Waals surface area contributed by atoms with Gasteiger partial charge in [-0.25, -0.2) is 0 Å². The number of aromatic nitrogens is 1. The van der Waals surface area contributed by atoms with Gasteiger partial charge in [0, 0.05) is 32.8 Å². The quantitative estimate of drug-likeness (QED) is 0.276. The molecule has 0 saturated carbocycles. The molecule has 0 aliphatic carbocycles. The van der Waals surface area contributed by atoms with Crippen LogP contribution in [-0.2, 0) is 6.54 Å². The predicted molar refractivity (Wildman–Crippen MR) is 124 cm³/mol. The van der Waals surface area contributed by atoms with E-state index in [2.05, 4.69) is 118 Å². The largest absolute Gasteiger partial charge is 0.341 e. The Morgan fingerprint density at radius 3 is 2.21 bits per heavy atom. The van der Waals surface area contributed by atoms with Crippen LogP contribution in [0.25, 0.3) is 44.1 Å². The van der Waals surface area contributed by atoms with E-state index in [0.29, 0.717) is 0 Å². The molecule has 5 rings (SSSR count). The summed E-state index contributed by atoms with van der Waals surface area (Å²) in [4.78, 5) is 0. The van der Waals surface area contributed by atoms with Crippen LogP contribution in [0.2, 0.25) is 0 Å².